The van der Waals surface area contributed by atoms with Crippen LogP contribution < -0.4 is 0 Å². The predicted octanol–water partition coefficient (Wildman–Crippen LogP) is 4.46. The first kappa shape index (κ1) is 18.2. The monoisotopic (exact) mass is 340 g/mol. The highest BCUT2D eigenvalue weighted by atomic mass is 16.3. The molecule has 2 aromatic rings. The van der Waals surface area contributed by atoms with Crippen molar-refractivity contribution in [3.05, 3.63) is 59.5 Å². The van der Waals surface area contributed by atoms with Gasteiger partial charge < -0.3 is 4.42 Å². The number of hydrogen-bond donors (Lipinski definition) is 0. The molecular formula is C22H32N2O. The van der Waals surface area contributed by atoms with Crippen molar-refractivity contribution in [2.75, 3.05) is 26.2 Å². The molecule has 0 radical (unpaired) electrons. The van der Waals surface area contributed by atoms with Gasteiger partial charge in [0.1, 0.15) is 11.5 Å². The predicted molar refractivity (Wildman–Crippen MR) is 104 cm³/mol. The van der Waals surface area contributed by atoms with E-state index in [9.17, 15) is 0 Å². The van der Waals surface area contributed by atoms with E-state index in [4.69, 9.17) is 4.42 Å². The highest BCUT2D eigenvalue weighted by Crippen LogP contribution is 2.31. The fourth-order valence-corrected chi connectivity index (χ4v) is 3.97. The average Bonchev–Trinajstić information content (AvgIpc) is 3.03. The molecule has 1 atom stereocenters. The quantitative estimate of drug-likeness (QED) is 0.774. The van der Waals surface area contributed by atoms with Gasteiger partial charge in [-0.05, 0) is 38.0 Å². The number of hydrogen-bond acceptors (Lipinski definition) is 3. The van der Waals surface area contributed by atoms with Crippen LogP contribution in [0.15, 0.2) is 46.9 Å². The lowest BCUT2D eigenvalue weighted by Crippen LogP contribution is -2.50. The maximum Gasteiger partial charge on any atom is 0.109 e. The molecule has 2 heterocycles. The molecule has 3 heteroatoms. The summed E-state index contributed by atoms with van der Waals surface area (Å²) in [4.78, 5) is 5.21. The number of benzene rings is 1. The average molecular weight is 341 g/mol. The summed E-state index contributed by atoms with van der Waals surface area (Å²) in [5, 5.41) is 0. The molecule has 0 amide bonds. The third-order valence-electron chi connectivity index (χ3n) is 5.49. The van der Waals surface area contributed by atoms with Crippen molar-refractivity contribution in [3.63, 3.8) is 0 Å². The van der Waals surface area contributed by atoms with Gasteiger partial charge in [-0.2, -0.15) is 0 Å². The van der Waals surface area contributed by atoms with E-state index < -0.39 is 0 Å². The minimum atomic E-state index is 0.0782. The minimum Gasteiger partial charge on any atom is -0.466 e. The smallest absolute Gasteiger partial charge is 0.109 e. The van der Waals surface area contributed by atoms with Crippen LogP contribution in [0.1, 0.15) is 44.3 Å². The number of aryl methyl sites for hydroxylation is 1. The molecule has 3 nitrogen and oxygen atoms in total. The molecule has 0 N–H and O–H groups in total. The van der Waals surface area contributed by atoms with Gasteiger partial charge in [0, 0.05) is 44.2 Å². The fraction of sp³-hybridized carbons (Fsp3) is 0.545. The van der Waals surface area contributed by atoms with Gasteiger partial charge in [-0.15, -0.1) is 0 Å². The molecule has 0 saturated carbocycles. The van der Waals surface area contributed by atoms with Crippen LogP contribution in [0.3, 0.4) is 0 Å². The Morgan fingerprint density at radius 3 is 2.28 bits per heavy atom. The lowest BCUT2D eigenvalue weighted by atomic mass is 9.83. The molecule has 25 heavy (non-hydrogen) atoms. The summed E-state index contributed by atoms with van der Waals surface area (Å²) in [7, 11) is 0. The number of rotatable bonds is 6. The Morgan fingerprint density at radius 1 is 1.00 bits per heavy atom. The molecule has 0 aliphatic carbocycles. The van der Waals surface area contributed by atoms with E-state index in [2.05, 4.69) is 73.0 Å². The highest BCUT2D eigenvalue weighted by Gasteiger charge is 2.30. The lowest BCUT2D eigenvalue weighted by molar-refractivity contribution is 0.0845. The summed E-state index contributed by atoms with van der Waals surface area (Å²) < 4.78 is 5.89. The van der Waals surface area contributed by atoms with Gasteiger partial charge in [0.25, 0.3) is 0 Å². The van der Waals surface area contributed by atoms with Gasteiger partial charge in [-0.3, -0.25) is 9.80 Å². The molecule has 136 valence electrons. The standard InChI is InChI=1S/C22H32N2O/c1-18(16-22(3,4)21-11-10-19(2)25-21)24-14-12-23(13-15-24)17-20-8-6-5-7-9-20/h5-11,18H,12-17H2,1-4H3/t18-/m1/s1. The van der Waals surface area contributed by atoms with E-state index in [1.807, 2.05) is 6.92 Å². The van der Waals surface area contributed by atoms with Crippen molar-refractivity contribution in [1.29, 1.82) is 0 Å². The van der Waals surface area contributed by atoms with Gasteiger partial charge in [0.2, 0.25) is 0 Å². The summed E-state index contributed by atoms with van der Waals surface area (Å²) in [5.41, 5.74) is 1.49. The Bertz CT molecular complexity index is 654. The molecule has 1 fully saturated rings. The summed E-state index contributed by atoms with van der Waals surface area (Å²) in [6.45, 7) is 14.7. The summed E-state index contributed by atoms with van der Waals surface area (Å²) in [6.07, 6.45) is 1.12. The van der Waals surface area contributed by atoms with Crippen molar-refractivity contribution >= 4 is 0 Å². The van der Waals surface area contributed by atoms with Crippen LogP contribution in [-0.4, -0.2) is 42.0 Å². The van der Waals surface area contributed by atoms with Crippen LogP contribution in [0.2, 0.25) is 0 Å². The lowest BCUT2D eigenvalue weighted by Gasteiger charge is -2.40. The molecule has 1 aliphatic rings. The maximum absolute atomic E-state index is 5.89. The van der Waals surface area contributed by atoms with Gasteiger partial charge in [-0.1, -0.05) is 44.2 Å². The third-order valence-corrected chi connectivity index (χ3v) is 5.49. The second kappa shape index (κ2) is 7.76. The van der Waals surface area contributed by atoms with Gasteiger partial charge in [0.05, 0.1) is 0 Å². The van der Waals surface area contributed by atoms with Crippen LogP contribution in [0.25, 0.3) is 0 Å². The first-order valence-corrected chi connectivity index (χ1v) is 9.51. The number of piperazine rings is 1. The largest absolute Gasteiger partial charge is 0.466 e. The normalized spacial score (nSPS) is 18.4. The van der Waals surface area contributed by atoms with Crippen LogP contribution in [0.4, 0.5) is 0 Å². The third kappa shape index (κ3) is 4.74. The molecule has 1 aromatic carbocycles. The van der Waals surface area contributed by atoms with Crippen molar-refractivity contribution < 1.29 is 4.42 Å². The zero-order valence-electron chi connectivity index (χ0n) is 16.2. The first-order valence-electron chi connectivity index (χ1n) is 9.51. The Morgan fingerprint density at radius 2 is 1.68 bits per heavy atom. The van der Waals surface area contributed by atoms with Gasteiger partial charge in [0.15, 0.2) is 0 Å². The summed E-state index contributed by atoms with van der Waals surface area (Å²) >= 11 is 0. The van der Waals surface area contributed by atoms with Crippen molar-refractivity contribution in [2.45, 2.75) is 52.1 Å². The Balaban J connectivity index is 1.50. The zero-order valence-corrected chi connectivity index (χ0v) is 16.2. The van der Waals surface area contributed by atoms with Gasteiger partial charge in [-0.25, -0.2) is 0 Å². The number of nitrogens with zero attached hydrogens (tertiary/aromatic N) is 2. The molecule has 1 aromatic heterocycles. The van der Waals surface area contributed by atoms with Crippen molar-refractivity contribution in [3.8, 4) is 0 Å². The fourth-order valence-electron chi connectivity index (χ4n) is 3.97. The number of furan rings is 1. The van der Waals surface area contributed by atoms with Gasteiger partial charge >= 0.3 is 0 Å². The summed E-state index contributed by atoms with van der Waals surface area (Å²) in [5.74, 6) is 2.12. The van der Waals surface area contributed by atoms with Crippen molar-refractivity contribution in [2.24, 2.45) is 0 Å². The van der Waals surface area contributed by atoms with E-state index in [1.54, 1.807) is 0 Å². The van der Waals surface area contributed by atoms with E-state index in [0.29, 0.717) is 6.04 Å². The minimum absolute atomic E-state index is 0.0782. The molecule has 1 aliphatic heterocycles. The zero-order chi connectivity index (χ0) is 17.9. The molecule has 0 bridgehead atoms. The highest BCUT2D eigenvalue weighted by molar-refractivity contribution is 5.16. The molecule has 0 unspecified atom stereocenters. The van der Waals surface area contributed by atoms with Crippen LogP contribution in [0, 0.1) is 6.92 Å². The Labute approximate surface area is 152 Å². The summed E-state index contributed by atoms with van der Waals surface area (Å²) in [6, 6.07) is 15.6. The van der Waals surface area contributed by atoms with E-state index >= 15 is 0 Å². The van der Waals surface area contributed by atoms with Crippen LogP contribution >= 0.6 is 0 Å². The maximum atomic E-state index is 5.89. The second-order valence-electron chi connectivity index (χ2n) is 8.15. The SMILES string of the molecule is Cc1ccc(C(C)(C)C[C@@H](C)N2CCN(Cc3ccccc3)CC2)o1. The Kier molecular flexibility index (Phi) is 5.65. The first-order chi connectivity index (χ1) is 11.9. The molecule has 3 rings (SSSR count). The second-order valence-corrected chi connectivity index (χ2v) is 8.15. The molecule has 0 spiro atoms. The Hall–Kier alpha value is -1.58. The molecular weight excluding hydrogens is 308 g/mol. The van der Waals surface area contributed by atoms with E-state index in [1.165, 1.54) is 5.56 Å². The van der Waals surface area contributed by atoms with Crippen LogP contribution in [-0.2, 0) is 12.0 Å². The van der Waals surface area contributed by atoms with E-state index in [0.717, 1.165) is 50.7 Å². The topological polar surface area (TPSA) is 19.6 Å². The van der Waals surface area contributed by atoms with Crippen LogP contribution in [0.5, 0.6) is 0 Å². The van der Waals surface area contributed by atoms with E-state index in [-0.39, 0.29) is 5.41 Å². The molecule has 1 saturated heterocycles. The van der Waals surface area contributed by atoms with Crippen molar-refractivity contribution in [1.82, 2.24) is 9.80 Å².